The van der Waals surface area contributed by atoms with Crippen LogP contribution in [0.15, 0.2) is 12.1 Å². The molecule has 2 aliphatic carbocycles. The fourth-order valence-electron chi connectivity index (χ4n) is 3.59. The quantitative estimate of drug-likeness (QED) is 0.741. The summed E-state index contributed by atoms with van der Waals surface area (Å²) in [5.74, 6) is 0.813. The molecular formula is C17H20N4. The molecule has 1 N–H and O–H groups in total. The first-order valence-electron chi connectivity index (χ1n) is 7.68. The molecule has 0 amide bonds. The van der Waals surface area contributed by atoms with Crippen molar-refractivity contribution < 1.29 is 0 Å². The molecule has 0 spiro atoms. The molecule has 2 heterocycles. The molecule has 0 fully saturated rings. The van der Waals surface area contributed by atoms with Gasteiger partial charge in [0.1, 0.15) is 0 Å². The van der Waals surface area contributed by atoms with Gasteiger partial charge in [-0.15, -0.1) is 0 Å². The zero-order valence-corrected chi connectivity index (χ0v) is 12.8. The van der Waals surface area contributed by atoms with Crippen molar-refractivity contribution in [2.45, 2.75) is 46.5 Å². The van der Waals surface area contributed by atoms with Gasteiger partial charge in [-0.1, -0.05) is 0 Å². The van der Waals surface area contributed by atoms with Crippen molar-refractivity contribution in [3.05, 3.63) is 40.3 Å². The van der Waals surface area contributed by atoms with E-state index in [4.69, 9.17) is 4.98 Å². The summed E-state index contributed by atoms with van der Waals surface area (Å²) in [6, 6.07) is 4.35. The Hall–Kier alpha value is -2.10. The average molecular weight is 280 g/mol. The van der Waals surface area contributed by atoms with Crippen LogP contribution in [-0.2, 0) is 12.8 Å². The lowest BCUT2D eigenvalue weighted by Crippen LogP contribution is -2.08. The topological polar surface area (TPSA) is 46.5 Å². The van der Waals surface area contributed by atoms with Gasteiger partial charge in [0.05, 0.1) is 11.4 Å². The van der Waals surface area contributed by atoms with E-state index in [0.29, 0.717) is 0 Å². The molecule has 4 heteroatoms. The Morgan fingerprint density at radius 3 is 2.67 bits per heavy atom. The van der Waals surface area contributed by atoms with Gasteiger partial charge in [-0.25, -0.2) is 9.67 Å². The Morgan fingerprint density at radius 2 is 1.90 bits per heavy atom. The Bertz CT molecular complexity index is 794. The van der Waals surface area contributed by atoms with E-state index in [1.807, 2.05) is 11.6 Å². The first kappa shape index (κ1) is 12.6. The number of hydrogen-bond acceptors (Lipinski definition) is 2. The van der Waals surface area contributed by atoms with E-state index in [9.17, 15) is 0 Å². The summed E-state index contributed by atoms with van der Waals surface area (Å²) >= 11 is 0. The summed E-state index contributed by atoms with van der Waals surface area (Å²) in [5, 5.41) is 4.53. The van der Waals surface area contributed by atoms with E-state index < -0.39 is 0 Å². The van der Waals surface area contributed by atoms with Crippen LogP contribution in [0.4, 0.5) is 0 Å². The zero-order chi connectivity index (χ0) is 14.6. The number of nitrogens with zero attached hydrogens (tertiary/aromatic N) is 3. The molecule has 1 aromatic heterocycles. The van der Waals surface area contributed by atoms with Crippen molar-refractivity contribution in [2.24, 2.45) is 0 Å². The third-order valence-corrected chi connectivity index (χ3v) is 4.49. The summed E-state index contributed by atoms with van der Waals surface area (Å²) in [6.07, 6.45) is 4.98. The average Bonchev–Trinajstić information content (AvgIpc) is 2.98. The monoisotopic (exact) mass is 280 g/mol. The highest BCUT2D eigenvalue weighted by Gasteiger charge is 2.23. The molecule has 3 aliphatic rings. The number of aromatic nitrogens is 4. The minimum absolute atomic E-state index is 0.813. The highest BCUT2D eigenvalue weighted by atomic mass is 15.4. The smallest absolute Gasteiger partial charge is 0.228 e. The molecule has 0 radical (unpaired) electrons. The van der Waals surface area contributed by atoms with E-state index in [1.54, 1.807) is 0 Å². The SMILES string of the molecule is Cc1cc(C)n(-c2nc3cc4c(c-3c(C)[nH]2)CCCC4)n1. The molecule has 0 atom stereocenters. The number of hydrogen-bond donors (Lipinski definition) is 1. The van der Waals surface area contributed by atoms with Gasteiger partial charge in [-0.2, -0.15) is 5.10 Å². The number of aromatic amines is 1. The van der Waals surface area contributed by atoms with Crippen LogP contribution in [-0.4, -0.2) is 19.7 Å². The molecular weight excluding hydrogens is 260 g/mol. The van der Waals surface area contributed by atoms with E-state index in [1.165, 1.54) is 48.1 Å². The largest absolute Gasteiger partial charge is 0.327 e. The van der Waals surface area contributed by atoms with Crippen molar-refractivity contribution >= 4 is 0 Å². The second-order valence-corrected chi connectivity index (χ2v) is 6.14. The lowest BCUT2D eigenvalue weighted by atomic mass is 9.93. The summed E-state index contributed by atoms with van der Waals surface area (Å²) in [5.41, 5.74) is 8.76. The molecule has 108 valence electrons. The molecule has 1 aromatic rings. The zero-order valence-electron chi connectivity index (χ0n) is 12.8. The van der Waals surface area contributed by atoms with E-state index in [-0.39, 0.29) is 0 Å². The maximum absolute atomic E-state index is 4.83. The standard InChI is InChI=1S/C17H20N4/c1-10-8-11(2)21(20-10)17-18-12(3)16-14-7-5-4-6-13(14)9-15(16)19-17/h8-9H,4-7H2,1-3H3,(H,18,19). The molecule has 4 nitrogen and oxygen atoms in total. The number of rotatable bonds is 1. The molecule has 21 heavy (non-hydrogen) atoms. The van der Waals surface area contributed by atoms with Crippen LogP contribution in [0.25, 0.3) is 17.2 Å². The second kappa shape index (κ2) is 4.45. The first-order valence-corrected chi connectivity index (χ1v) is 7.68. The van der Waals surface area contributed by atoms with Crippen molar-refractivity contribution in [1.82, 2.24) is 19.7 Å². The van der Waals surface area contributed by atoms with Gasteiger partial charge >= 0.3 is 0 Å². The predicted octanol–water partition coefficient (Wildman–Crippen LogP) is 3.50. The van der Waals surface area contributed by atoms with Gasteiger partial charge in [-0.05, 0) is 69.7 Å². The first-order chi connectivity index (χ1) is 10.1. The molecule has 0 saturated carbocycles. The summed E-state index contributed by atoms with van der Waals surface area (Å²) in [6.45, 7) is 6.22. The Morgan fingerprint density at radius 1 is 1.10 bits per heavy atom. The maximum atomic E-state index is 4.83. The highest BCUT2D eigenvalue weighted by molar-refractivity contribution is 5.73. The van der Waals surface area contributed by atoms with Gasteiger partial charge in [-0.3, -0.25) is 0 Å². The molecule has 4 rings (SSSR count). The molecule has 0 aromatic carbocycles. The van der Waals surface area contributed by atoms with Crippen LogP contribution in [0, 0.1) is 20.8 Å². The molecule has 0 saturated heterocycles. The number of aryl methyl sites for hydroxylation is 4. The number of fused-ring (bicyclic) bond motifs is 3. The van der Waals surface area contributed by atoms with Crippen LogP contribution >= 0.6 is 0 Å². The van der Waals surface area contributed by atoms with Gasteiger partial charge in [0.2, 0.25) is 5.95 Å². The normalized spacial score (nSPS) is 14.6. The molecule has 1 aliphatic heterocycles. The van der Waals surface area contributed by atoms with E-state index in [0.717, 1.165) is 23.0 Å². The third-order valence-electron chi connectivity index (χ3n) is 4.49. The van der Waals surface area contributed by atoms with Gasteiger partial charge < -0.3 is 4.98 Å². The third kappa shape index (κ3) is 1.89. The lowest BCUT2D eigenvalue weighted by molar-refractivity contribution is 0.690. The Kier molecular flexibility index (Phi) is 2.67. The highest BCUT2D eigenvalue weighted by Crippen LogP contribution is 2.37. The predicted molar refractivity (Wildman–Crippen MR) is 83.2 cm³/mol. The summed E-state index contributed by atoms with van der Waals surface area (Å²) in [4.78, 5) is 8.28. The maximum Gasteiger partial charge on any atom is 0.228 e. The molecule has 0 unspecified atom stereocenters. The van der Waals surface area contributed by atoms with Gasteiger partial charge in [0.15, 0.2) is 0 Å². The van der Waals surface area contributed by atoms with Crippen LogP contribution < -0.4 is 0 Å². The van der Waals surface area contributed by atoms with E-state index >= 15 is 0 Å². The second-order valence-electron chi connectivity index (χ2n) is 6.14. The lowest BCUT2D eigenvalue weighted by Gasteiger charge is -2.15. The van der Waals surface area contributed by atoms with Crippen LogP contribution in [0.5, 0.6) is 0 Å². The number of nitrogens with one attached hydrogen (secondary N) is 1. The van der Waals surface area contributed by atoms with E-state index in [2.05, 4.69) is 36.1 Å². The van der Waals surface area contributed by atoms with Crippen LogP contribution in [0.2, 0.25) is 0 Å². The number of H-pyrrole nitrogens is 1. The fraction of sp³-hybridized carbons (Fsp3) is 0.412. The van der Waals surface area contributed by atoms with Crippen molar-refractivity contribution in [3.63, 3.8) is 0 Å². The van der Waals surface area contributed by atoms with Gasteiger partial charge in [0.25, 0.3) is 0 Å². The van der Waals surface area contributed by atoms with Crippen molar-refractivity contribution in [2.75, 3.05) is 0 Å². The molecule has 0 bridgehead atoms. The minimum atomic E-state index is 0.813. The summed E-state index contributed by atoms with van der Waals surface area (Å²) < 4.78 is 1.90. The Balaban J connectivity index is 1.93. The Labute approximate surface area is 124 Å². The van der Waals surface area contributed by atoms with Crippen molar-refractivity contribution in [3.8, 4) is 17.2 Å². The van der Waals surface area contributed by atoms with Crippen LogP contribution in [0.3, 0.4) is 0 Å². The minimum Gasteiger partial charge on any atom is -0.327 e. The summed E-state index contributed by atoms with van der Waals surface area (Å²) in [7, 11) is 0. The van der Waals surface area contributed by atoms with Crippen LogP contribution in [0.1, 0.15) is 41.1 Å². The fourth-order valence-corrected chi connectivity index (χ4v) is 3.59. The van der Waals surface area contributed by atoms with Crippen molar-refractivity contribution in [1.29, 1.82) is 0 Å². The van der Waals surface area contributed by atoms with Gasteiger partial charge in [0, 0.05) is 17.0 Å².